The molecule has 1 heterocycles. The molecule has 0 aliphatic heterocycles. The lowest BCUT2D eigenvalue weighted by Crippen LogP contribution is -2.08. The van der Waals surface area contributed by atoms with Gasteiger partial charge in [-0.2, -0.15) is 0 Å². The standard InChI is InChI=1S/C24H17ClFNO3S/c1-2-29-20-13-15(14-27-17-10-8-16(26)9-11-17)7-12-19(20)30-24(28)23-22(25)18-5-3-4-6-21(18)31-23/h3-14H,2H2,1H3. The number of halogens is 2. The third-order valence-electron chi connectivity index (χ3n) is 4.38. The first-order chi connectivity index (χ1) is 15.0. The van der Waals surface area contributed by atoms with Crippen molar-refractivity contribution < 1.29 is 18.7 Å². The predicted molar refractivity (Wildman–Crippen MR) is 123 cm³/mol. The van der Waals surface area contributed by atoms with Crippen molar-refractivity contribution >= 4 is 50.9 Å². The van der Waals surface area contributed by atoms with E-state index in [0.29, 0.717) is 33.7 Å². The average molecular weight is 454 g/mol. The number of hydrogen-bond donors (Lipinski definition) is 0. The summed E-state index contributed by atoms with van der Waals surface area (Å²) < 4.78 is 25.2. The van der Waals surface area contributed by atoms with Crippen LogP contribution < -0.4 is 9.47 Å². The SMILES string of the molecule is CCOc1cc(C=Nc2ccc(F)cc2)ccc1OC(=O)c1sc2ccccc2c1Cl. The van der Waals surface area contributed by atoms with Gasteiger partial charge in [-0.3, -0.25) is 4.99 Å². The van der Waals surface area contributed by atoms with Crippen LogP contribution in [0.2, 0.25) is 5.02 Å². The van der Waals surface area contributed by atoms with Crippen molar-refractivity contribution in [2.75, 3.05) is 6.61 Å². The van der Waals surface area contributed by atoms with E-state index in [-0.39, 0.29) is 5.82 Å². The van der Waals surface area contributed by atoms with Crippen molar-refractivity contribution in [2.45, 2.75) is 6.92 Å². The molecule has 7 heteroatoms. The fourth-order valence-electron chi connectivity index (χ4n) is 2.93. The number of carbonyl (C=O) groups excluding carboxylic acids is 1. The summed E-state index contributed by atoms with van der Waals surface area (Å²) in [4.78, 5) is 17.4. The molecule has 4 rings (SSSR count). The summed E-state index contributed by atoms with van der Waals surface area (Å²) in [6, 6.07) is 18.5. The number of carbonyl (C=O) groups is 1. The molecule has 0 aliphatic carbocycles. The molecule has 1 aromatic heterocycles. The molecule has 0 aliphatic rings. The summed E-state index contributed by atoms with van der Waals surface area (Å²) in [6.45, 7) is 2.24. The zero-order valence-corrected chi connectivity index (χ0v) is 18.0. The Morgan fingerprint density at radius 3 is 2.61 bits per heavy atom. The first-order valence-electron chi connectivity index (χ1n) is 9.51. The van der Waals surface area contributed by atoms with Crippen LogP contribution in [0.25, 0.3) is 10.1 Å². The Morgan fingerprint density at radius 1 is 1.10 bits per heavy atom. The van der Waals surface area contributed by atoms with Crippen LogP contribution in [0.4, 0.5) is 10.1 Å². The Morgan fingerprint density at radius 2 is 1.87 bits per heavy atom. The van der Waals surface area contributed by atoms with Crippen molar-refractivity contribution in [3.8, 4) is 11.5 Å². The van der Waals surface area contributed by atoms with Crippen molar-refractivity contribution in [1.29, 1.82) is 0 Å². The topological polar surface area (TPSA) is 47.9 Å². The lowest BCUT2D eigenvalue weighted by molar-refractivity contribution is 0.0733. The highest BCUT2D eigenvalue weighted by Gasteiger charge is 2.20. The van der Waals surface area contributed by atoms with Gasteiger partial charge in [0.2, 0.25) is 0 Å². The number of aliphatic imine (C=N–C) groups is 1. The maximum Gasteiger partial charge on any atom is 0.355 e. The van der Waals surface area contributed by atoms with Gasteiger partial charge in [0.1, 0.15) is 10.7 Å². The molecule has 0 unspecified atom stereocenters. The highest BCUT2D eigenvalue weighted by molar-refractivity contribution is 7.21. The Kier molecular flexibility index (Phi) is 6.30. The van der Waals surface area contributed by atoms with Gasteiger partial charge in [-0.15, -0.1) is 11.3 Å². The van der Waals surface area contributed by atoms with Crippen LogP contribution in [-0.2, 0) is 0 Å². The van der Waals surface area contributed by atoms with Crippen LogP contribution in [0.15, 0.2) is 71.7 Å². The molecule has 0 saturated heterocycles. The summed E-state index contributed by atoms with van der Waals surface area (Å²) >= 11 is 7.68. The molecule has 0 saturated carbocycles. The molecular formula is C24H17ClFNO3S. The summed E-state index contributed by atoms with van der Waals surface area (Å²) in [5.74, 6) is -0.155. The molecule has 0 N–H and O–H groups in total. The molecule has 4 aromatic rings. The first-order valence-corrected chi connectivity index (χ1v) is 10.7. The number of hydrogen-bond acceptors (Lipinski definition) is 5. The molecule has 0 spiro atoms. The van der Waals surface area contributed by atoms with Crippen LogP contribution in [0.3, 0.4) is 0 Å². The Balaban J connectivity index is 1.58. The van der Waals surface area contributed by atoms with Gasteiger partial charge >= 0.3 is 5.97 Å². The predicted octanol–water partition coefficient (Wildman–Crippen LogP) is 7.06. The van der Waals surface area contributed by atoms with E-state index in [4.69, 9.17) is 21.1 Å². The molecular weight excluding hydrogens is 437 g/mol. The van der Waals surface area contributed by atoms with Crippen molar-refractivity contribution in [1.82, 2.24) is 0 Å². The lowest BCUT2D eigenvalue weighted by atomic mass is 10.2. The number of esters is 1. The number of thiophene rings is 1. The van der Waals surface area contributed by atoms with Gasteiger partial charge in [0, 0.05) is 16.3 Å². The summed E-state index contributed by atoms with van der Waals surface area (Å²) in [7, 11) is 0. The first kappa shape index (κ1) is 21.0. The fourth-order valence-corrected chi connectivity index (χ4v) is 4.31. The zero-order valence-electron chi connectivity index (χ0n) is 16.5. The molecule has 4 nitrogen and oxygen atoms in total. The van der Waals surface area contributed by atoms with Crippen LogP contribution in [0, 0.1) is 5.82 Å². The summed E-state index contributed by atoms with van der Waals surface area (Å²) in [6.07, 6.45) is 1.63. The van der Waals surface area contributed by atoms with Gasteiger partial charge in [-0.05, 0) is 61.0 Å². The van der Waals surface area contributed by atoms with E-state index in [1.807, 2.05) is 31.2 Å². The van der Waals surface area contributed by atoms with Crippen molar-refractivity contribution in [2.24, 2.45) is 4.99 Å². The Labute approximate surface area is 187 Å². The van der Waals surface area contributed by atoms with E-state index in [2.05, 4.69) is 4.99 Å². The van der Waals surface area contributed by atoms with E-state index < -0.39 is 5.97 Å². The minimum Gasteiger partial charge on any atom is -0.490 e. The van der Waals surface area contributed by atoms with Gasteiger partial charge in [0.05, 0.1) is 17.3 Å². The second-order valence-corrected chi connectivity index (χ2v) is 7.93. The Hall–Kier alpha value is -3.22. The maximum absolute atomic E-state index is 13.0. The van der Waals surface area contributed by atoms with E-state index in [0.717, 1.165) is 15.6 Å². The van der Waals surface area contributed by atoms with Gasteiger partial charge < -0.3 is 9.47 Å². The Bertz CT molecular complexity index is 1270. The third-order valence-corrected chi connectivity index (χ3v) is 6.04. The molecule has 0 bridgehead atoms. The number of nitrogens with zero attached hydrogens (tertiary/aromatic N) is 1. The van der Waals surface area contributed by atoms with Crippen molar-refractivity contribution in [3.05, 3.63) is 88.0 Å². The highest BCUT2D eigenvalue weighted by Crippen LogP contribution is 2.37. The molecule has 156 valence electrons. The number of ether oxygens (including phenoxy) is 2. The molecule has 0 amide bonds. The molecule has 0 fully saturated rings. The van der Waals surface area contributed by atoms with Gasteiger partial charge in [0.15, 0.2) is 11.5 Å². The average Bonchev–Trinajstić information content (AvgIpc) is 3.12. The summed E-state index contributed by atoms with van der Waals surface area (Å²) in [5, 5.41) is 1.20. The van der Waals surface area contributed by atoms with Gasteiger partial charge in [0.25, 0.3) is 0 Å². The number of rotatable bonds is 6. The van der Waals surface area contributed by atoms with Gasteiger partial charge in [-0.25, -0.2) is 9.18 Å². The molecule has 3 aromatic carbocycles. The van der Waals surface area contributed by atoms with Gasteiger partial charge in [-0.1, -0.05) is 29.8 Å². The number of fused-ring (bicyclic) bond motifs is 1. The van der Waals surface area contributed by atoms with Crippen LogP contribution in [-0.4, -0.2) is 18.8 Å². The second kappa shape index (κ2) is 9.29. The molecule has 31 heavy (non-hydrogen) atoms. The fraction of sp³-hybridized carbons (Fsp3) is 0.0833. The minimum atomic E-state index is -0.542. The number of benzene rings is 3. The van der Waals surface area contributed by atoms with Crippen LogP contribution in [0.1, 0.15) is 22.2 Å². The van der Waals surface area contributed by atoms with E-state index in [1.165, 1.54) is 23.5 Å². The van der Waals surface area contributed by atoms with E-state index in [9.17, 15) is 9.18 Å². The smallest absolute Gasteiger partial charge is 0.355 e. The van der Waals surface area contributed by atoms with Crippen molar-refractivity contribution in [3.63, 3.8) is 0 Å². The quantitative estimate of drug-likeness (QED) is 0.178. The van der Waals surface area contributed by atoms with E-state index in [1.54, 1.807) is 36.5 Å². The third kappa shape index (κ3) is 4.76. The zero-order chi connectivity index (χ0) is 21.8. The normalized spacial score (nSPS) is 11.2. The summed E-state index contributed by atoms with van der Waals surface area (Å²) in [5.41, 5.74) is 1.36. The molecule has 0 radical (unpaired) electrons. The second-order valence-electron chi connectivity index (χ2n) is 6.50. The highest BCUT2D eigenvalue weighted by atomic mass is 35.5. The lowest BCUT2D eigenvalue weighted by Gasteiger charge is -2.11. The largest absolute Gasteiger partial charge is 0.490 e. The van der Waals surface area contributed by atoms with Crippen LogP contribution in [0.5, 0.6) is 11.5 Å². The monoisotopic (exact) mass is 453 g/mol. The maximum atomic E-state index is 13.0. The van der Waals surface area contributed by atoms with E-state index >= 15 is 0 Å². The van der Waals surface area contributed by atoms with Crippen LogP contribution >= 0.6 is 22.9 Å². The minimum absolute atomic E-state index is 0.291. The molecule has 0 atom stereocenters.